The van der Waals surface area contributed by atoms with Crippen LogP contribution in [0.1, 0.15) is 39.2 Å². The number of ether oxygens (including phenoxy) is 3. The maximum Gasteiger partial charge on any atom is 0.421 e. The number of anilines is 1. The van der Waals surface area contributed by atoms with E-state index in [-0.39, 0.29) is 24.1 Å². The molecule has 2 aliphatic rings. The van der Waals surface area contributed by atoms with Crippen LogP contribution in [0.25, 0.3) is 0 Å². The summed E-state index contributed by atoms with van der Waals surface area (Å²) in [5, 5.41) is 11.3. The maximum absolute atomic E-state index is 14.1. The number of carbonyl (C=O) groups excluding carboxylic acids is 5. The average Bonchev–Trinajstić information content (AvgIpc) is 3.02. The Balaban J connectivity index is 2.43. The van der Waals surface area contributed by atoms with Crippen molar-refractivity contribution in [1.82, 2.24) is 0 Å². The number of hydrogen-bond acceptors (Lipinski definition) is 9. The second kappa shape index (κ2) is 8.26. The van der Waals surface area contributed by atoms with Crippen molar-refractivity contribution in [3.05, 3.63) is 29.8 Å². The van der Waals surface area contributed by atoms with Crippen molar-refractivity contribution in [2.75, 3.05) is 19.1 Å². The summed E-state index contributed by atoms with van der Waals surface area (Å²) in [4.78, 5) is 66.8. The van der Waals surface area contributed by atoms with Crippen LogP contribution in [0.2, 0.25) is 0 Å². The second-order valence-electron chi connectivity index (χ2n) is 9.07. The summed E-state index contributed by atoms with van der Waals surface area (Å²) in [6.07, 6.45) is -2.47. The Bertz CT molecular complexity index is 995. The first-order valence-corrected chi connectivity index (χ1v) is 10.4. The first-order valence-electron chi connectivity index (χ1n) is 10.4. The molecule has 1 fully saturated rings. The summed E-state index contributed by atoms with van der Waals surface area (Å²) in [7, 11) is 2.00. The van der Waals surface area contributed by atoms with Crippen molar-refractivity contribution in [2.45, 2.75) is 50.7 Å². The van der Waals surface area contributed by atoms with Gasteiger partial charge >= 0.3 is 18.0 Å². The van der Waals surface area contributed by atoms with Crippen LogP contribution >= 0.6 is 0 Å². The quantitative estimate of drug-likeness (QED) is 0.307. The van der Waals surface area contributed by atoms with Gasteiger partial charge < -0.3 is 24.1 Å². The van der Waals surface area contributed by atoms with Crippen LogP contribution in [-0.4, -0.2) is 61.3 Å². The molecule has 1 aliphatic heterocycles. The van der Waals surface area contributed by atoms with Crippen LogP contribution in [0, 0.1) is 11.3 Å². The molecule has 1 N–H and O–H groups in total. The number of esters is 2. The van der Waals surface area contributed by atoms with Gasteiger partial charge in [0.05, 0.1) is 26.0 Å². The zero-order valence-corrected chi connectivity index (χ0v) is 19.1. The van der Waals surface area contributed by atoms with Gasteiger partial charge in [-0.15, -0.1) is 0 Å². The Kier molecular flexibility index (Phi) is 6.10. The lowest BCUT2D eigenvalue weighted by Gasteiger charge is -2.51. The fourth-order valence-corrected chi connectivity index (χ4v) is 5.12. The number of rotatable bonds is 3. The molecule has 3 rings (SSSR count). The largest absolute Gasteiger partial charge is 0.468 e. The summed E-state index contributed by atoms with van der Waals surface area (Å²) >= 11 is 0. The highest BCUT2D eigenvalue weighted by atomic mass is 16.6. The van der Waals surface area contributed by atoms with E-state index in [1.807, 2.05) is 0 Å². The zero-order valence-electron chi connectivity index (χ0n) is 19.1. The van der Waals surface area contributed by atoms with Crippen molar-refractivity contribution in [3.63, 3.8) is 0 Å². The molecule has 0 aromatic heterocycles. The summed E-state index contributed by atoms with van der Waals surface area (Å²) in [6, 6.07) is 5.94. The average molecular weight is 461 g/mol. The molecule has 0 radical (unpaired) electrons. The Labute approximate surface area is 190 Å². The topological polar surface area (TPSA) is 137 Å². The van der Waals surface area contributed by atoms with Gasteiger partial charge in [-0.25, -0.2) is 9.69 Å². The van der Waals surface area contributed by atoms with Crippen LogP contribution < -0.4 is 4.90 Å². The Morgan fingerprint density at radius 3 is 2.18 bits per heavy atom. The van der Waals surface area contributed by atoms with Gasteiger partial charge in [0, 0.05) is 5.92 Å². The van der Waals surface area contributed by atoms with Crippen molar-refractivity contribution < 1.29 is 43.3 Å². The van der Waals surface area contributed by atoms with Gasteiger partial charge in [0.15, 0.2) is 5.41 Å². The van der Waals surface area contributed by atoms with Crippen LogP contribution in [0.5, 0.6) is 0 Å². The number of amides is 2. The number of imide groups is 1. The lowest BCUT2D eigenvalue weighted by atomic mass is 9.48. The molecule has 10 heteroatoms. The van der Waals surface area contributed by atoms with Crippen molar-refractivity contribution in [1.29, 1.82) is 0 Å². The predicted octanol–water partition coefficient (Wildman–Crippen LogP) is 1.51. The number of aldehydes is 1. The molecule has 33 heavy (non-hydrogen) atoms. The number of benzene rings is 1. The van der Waals surface area contributed by atoms with E-state index >= 15 is 0 Å². The van der Waals surface area contributed by atoms with Crippen molar-refractivity contribution >= 4 is 35.9 Å². The standard InChI is InChI=1S/C23H27NO9/c1-21(2,3)33-20(30)24-15-9-7-6-8-14(15)23(17(24)27)16(26)11-10-13(12-25)22(23,18(28)31-4)19(29)32-5/h6-9,12-13,16,26H,10-11H2,1-5H3/t13-,16+,23-/m1/s1. The monoisotopic (exact) mass is 461 g/mol. The molecule has 178 valence electrons. The molecule has 2 amide bonds. The molecular formula is C23H27NO9. The minimum absolute atomic E-state index is 0.0238. The van der Waals surface area contributed by atoms with Crippen molar-refractivity contribution in [2.24, 2.45) is 11.3 Å². The summed E-state index contributed by atoms with van der Waals surface area (Å²) < 4.78 is 15.2. The third-order valence-corrected chi connectivity index (χ3v) is 6.29. The van der Waals surface area contributed by atoms with Crippen LogP contribution in [0.3, 0.4) is 0 Å². The summed E-state index contributed by atoms with van der Waals surface area (Å²) in [6.45, 7) is 4.83. The van der Waals surface area contributed by atoms with Gasteiger partial charge in [-0.1, -0.05) is 18.2 Å². The van der Waals surface area contributed by atoms with Gasteiger partial charge in [-0.2, -0.15) is 0 Å². The number of para-hydroxylation sites is 1. The highest BCUT2D eigenvalue weighted by molar-refractivity contribution is 6.26. The van der Waals surface area contributed by atoms with E-state index in [1.54, 1.807) is 26.8 Å². The first kappa shape index (κ1) is 24.4. The molecule has 3 atom stereocenters. The third kappa shape index (κ3) is 3.15. The SMILES string of the molecule is COC(=O)C1(C(=O)OC)[C@@H](C=O)CC[C@H](O)[C@]12C(=O)N(C(=O)OC(C)(C)C)c1ccccc12. The van der Waals surface area contributed by atoms with E-state index in [0.717, 1.165) is 14.2 Å². The Morgan fingerprint density at radius 2 is 1.67 bits per heavy atom. The summed E-state index contributed by atoms with van der Waals surface area (Å²) in [5.41, 5.74) is -5.85. The second-order valence-corrected chi connectivity index (χ2v) is 9.07. The normalized spacial score (nSPS) is 25.9. The highest BCUT2D eigenvalue weighted by Crippen LogP contribution is 2.61. The van der Waals surface area contributed by atoms with Crippen LogP contribution in [0.4, 0.5) is 10.5 Å². The Hall–Kier alpha value is -3.27. The molecule has 1 saturated carbocycles. The molecule has 10 nitrogen and oxygen atoms in total. The minimum Gasteiger partial charge on any atom is -0.468 e. The highest BCUT2D eigenvalue weighted by Gasteiger charge is 2.79. The van der Waals surface area contributed by atoms with Gasteiger partial charge in [0.2, 0.25) is 0 Å². The molecule has 0 saturated heterocycles. The minimum atomic E-state index is -2.57. The van der Waals surface area contributed by atoms with E-state index < -0.39 is 52.4 Å². The van der Waals surface area contributed by atoms with Gasteiger partial charge in [0.25, 0.3) is 5.91 Å². The van der Waals surface area contributed by atoms with E-state index in [2.05, 4.69) is 0 Å². The number of fused-ring (bicyclic) bond motifs is 2. The third-order valence-electron chi connectivity index (χ3n) is 6.29. The smallest absolute Gasteiger partial charge is 0.421 e. The van der Waals surface area contributed by atoms with E-state index in [9.17, 15) is 29.1 Å². The number of aliphatic hydroxyl groups is 1. The van der Waals surface area contributed by atoms with Gasteiger partial charge in [-0.05, 0) is 45.2 Å². The zero-order chi connectivity index (χ0) is 24.8. The maximum atomic E-state index is 14.1. The molecule has 0 bridgehead atoms. The molecule has 1 aromatic carbocycles. The van der Waals surface area contributed by atoms with Crippen LogP contribution in [-0.2, 0) is 38.8 Å². The molecule has 1 heterocycles. The molecule has 1 aromatic rings. The predicted molar refractivity (Wildman–Crippen MR) is 113 cm³/mol. The van der Waals surface area contributed by atoms with Gasteiger partial charge in [-0.3, -0.25) is 14.4 Å². The fraction of sp³-hybridized carbons (Fsp3) is 0.522. The number of nitrogens with zero attached hydrogens (tertiary/aromatic N) is 1. The van der Waals surface area contributed by atoms with E-state index in [4.69, 9.17) is 14.2 Å². The van der Waals surface area contributed by atoms with Crippen molar-refractivity contribution in [3.8, 4) is 0 Å². The molecule has 1 aliphatic carbocycles. The number of hydrogen-bond donors (Lipinski definition) is 1. The van der Waals surface area contributed by atoms with E-state index in [0.29, 0.717) is 11.2 Å². The number of carbonyl (C=O) groups is 5. The van der Waals surface area contributed by atoms with E-state index in [1.165, 1.54) is 18.2 Å². The lowest BCUT2D eigenvalue weighted by Crippen LogP contribution is -2.71. The molecule has 1 spiro atoms. The first-order chi connectivity index (χ1) is 15.4. The number of aliphatic hydroxyl groups excluding tert-OH is 1. The fourth-order valence-electron chi connectivity index (χ4n) is 5.12. The lowest BCUT2D eigenvalue weighted by molar-refractivity contribution is -0.195. The van der Waals surface area contributed by atoms with Gasteiger partial charge in [0.1, 0.15) is 17.3 Å². The number of methoxy groups -OCH3 is 2. The molecule has 0 unspecified atom stereocenters. The summed E-state index contributed by atoms with van der Waals surface area (Å²) in [5.74, 6) is -4.89. The van der Waals surface area contributed by atoms with Crippen LogP contribution in [0.15, 0.2) is 24.3 Å². The molecular weight excluding hydrogens is 434 g/mol. The Morgan fingerprint density at radius 1 is 1.09 bits per heavy atom.